The molecule has 2 aromatic rings. The maximum atomic E-state index is 4.38. The fraction of sp³-hybridized carbons (Fsp3) is 0.364. The van der Waals surface area contributed by atoms with Gasteiger partial charge in [-0.1, -0.05) is 24.9 Å². The molecule has 0 N–H and O–H groups in total. The van der Waals surface area contributed by atoms with E-state index in [1.165, 1.54) is 0 Å². The first-order valence-electron chi connectivity index (χ1n) is 5.46. The van der Waals surface area contributed by atoms with E-state index >= 15 is 0 Å². The van der Waals surface area contributed by atoms with E-state index in [1.807, 2.05) is 16.8 Å². The minimum atomic E-state index is -1.21. The molecule has 0 unspecified atom stereocenters. The number of hydrogen-bond acceptors (Lipinski definition) is 3. The fourth-order valence-corrected chi connectivity index (χ4v) is 2.92. The second-order valence-electron chi connectivity index (χ2n) is 5.20. The predicted octanol–water partition coefficient (Wildman–Crippen LogP) is 2.98. The molecule has 2 rings (SSSR count). The van der Waals surface area contributed by atoms with Crippen LogP contribution in [0, 0.1) is 0 Å². The molecule has 0 bridgehead atoms. The Morgan fingerprint density at radius 3 is 2.59 bits per heavy atom. The summed E-state index contributed by atoms with van der Waals surface area (Å²) in [6, 6.07) is 3.96. The van der Waals surface area contributed by atoms with E-state index in [1.54, 1.807) is 12.4 Å². The predicted molar refractivity (Wildman–Crippen MR) is 74.3 cm³/mol. The van der Waals surface area contributed by atoms with Crippen molar-refractivity contribution in [1.29, 1.82) is 0 Å². The summed E-state index contributed by atoms with van der Waals surface area (Å²) in [4.78, 5) is 4.38. The molecule has 0 spiro atoms. The Hall–Kier alpha value is -1.01. The summed E-state index contributed by atoms with van der Waals surface area (Å²) in [7, 11) is -1.21. The normalized spacial score (nSPS) is 11.8. The van der Waals surface area contributed by atoms with Gasteiger partial charge in [-0.15, -0.1) is 5.10 Å². The molecule has 0 saturated carbocycles. The van der Waals surface area contributed by atoms with Crippen molar-refractivity contribution in [3.05, 3.63) is 29.0 Å². The van der Waals surface area contributed by atoms with Crippen molar-refractivity contribution in [2.24, 2.45) is 0 Å². The molecule has 6 heteroatoms. The van der Waals surface area contributed by atoms with E-state index < -0.39 is 8.07 Å². The van der Waals surface area contributed by atoms with Crippen molar-refractivity contribution in [3.8, 4) is 11.4 Å². The van der Waals surface area contributed by atoms with Crippen molar-refractivity contribution in [2.75, 3.05) is 0 Å². The lowest BCUT2D eigenvalue weighted by atomic mass is 10.3. The average Bonchev–Trinajstić information content (AvgIpc) is 2.64. The third-order valence-corrected chi connectivity index (χ3v) is 3.95. The summed E-state index contributed by atoms with van der Waals surface area (Å²) in [5.74, 6) is 0. The number of aromatic nitrogens is 4. The van der Waals surface area contributed by atoms with Crippen LogP contribution in [0.1, 0.15) is 0 Å². The molecule has 0 amide bonds. The van der Waals surface area contributed by atoms with Crippen LogP contribution in [0.15, 0.2) is 29.0 Å². The summed E-state index contributed by atoms with van der Waals surface area (Å²) >= 11 is 3.38. The van der Waals surface area contributed by atoms with Crippen molar-refractivity contribution in [2.45, 2.75) is 25.8 Å². The lowest BCUT2D eigenvalue weighted by Crippen LogP contribution is -2.29. The molecule has 4 nitrogen and oxygen atoms in total. The first-order valence-corrected chi connectivity index (χ1v) is 9.96. The van der Waals surface area contributed by atoms with Gasteiger partial charge in [-0.25, -0.2) is 4.68 Å². The van der Waals surface area contributed by atoms with Crippen LogP contribution < -0.4 is 0 Å². The first-order chi connectivity index (χ1) is 7.96. The molecule has 0 aromatic carbocycles. The first kappa shape index (κ1) is 12.4. The zero-order valence-corrected chi connectivity index (χ0v) is 12.8. The molecule has 90 valence electrons. The van der Waals surface area contributed by atoms with Gasteiger partial charge in [-0.2, -0.15) is 0 Å². The summed E-state index contributed by atoms with van der Waals surface area (Å²) in [6.07, 6.45) is 4.53. The van der Waals surface area contributed by atoms with E-state index in [9.17, 15) is 0 Å². The van der Waals surface area contributed by atoms with Crippen LogP contribution in [0.2, 0.25) is 19.6 Å². The Morgan fingerprint density at radius 2 is 2.00 bits per heavy atom. The average molecular weight is 311 g/mol. The maximum Gasteiger partial charge on any atom is 0.107 e. The van der Waals surface area contributed by atoms with Gasteiger partial charge < -0.3 is 0 Å². The van der Waals surface area contributed by atoms with Crippen LogP contribution in [0.5, 0.6) is 0 Å². The molecule has 0 saturated heterocycles. The van der Waals surface area contributed by atoms with Crippen LogP contribution in [-0.4, -0.2) is 28.1 Å². The zero-order chi connectivity index (χ0) is 12.5. The Bertz CT molecular complexity index is 501. The van der Waals surface area contributed by atoms with Crippen molar-refractivity contribution in [3.63, 3.8) is 0 Å². The minimum Gasteiger partial charge on any atom is -0.253 e. The molecule has 2 aromatic heterocycles. The van der Waals surface area contributed by atoms with Crippen LogP contribution in [0.4, 0.5) is 0 Å². The third kappa shape index (κ3) is 3.23. The molecule has 0 aliphatic carbocycles. The molecule has 0 radical (unpaired) electrons. The number of hydrogen-bond donors (Lipinski definition) is 0. The quantitative estimate of drug-likeness (QED) is 0.819. The fourth-order valence-electron chi connectivity index (χ4n) is 1.55. The van der Waals surface area contributed by atoms with Gasteiger partial charge in [-0.05, 0) is 28.1 Å². The van der Waals surface area contributed by atoms with Gasteiger partial charge in [0, 0.05) is 16.8 Å². The van der Waals surface area contributed by atoms with Crippen LogP contribution in [-0.2, 0) is 6.17 Å². The molecule has 17 heavy (non-hydrogen) atoms. The lowest BCUT2D eigenvalue weighted by Gasteiger charge is -2.16. The van der Waals surface area contributed by atoms with Gasteiger partial charge in [0.05, 0.1) is 20.0 Å². The molecule has 0 aliphatic rings. The van der Waals surface area contributed by atoms with Gasteiger partial charge in [0.25, 0.3) is 0 Å². The highest BCUT2D eigenvalue weighted by molar-refractivity contribution is 9.10. The monoisotopic (exact) mass is 310 g/mol. The van der Waals surface area contributed by atoms with E-state index in [4.69, 9.17) is 0 Å². The van der Waals surface area contributed by atoms with E-state index in [0.29, 0.717) is 0 Å². The smallest absolute Gasteiger partial charge is 0.107 e. The lowest BCUT2D eigenvalue weighted by molar-refractivity contribution is 0.685. The molecule has 0 atom stereocenters. The number of pyridine rings is 1. The standard InChI is InChI=1S/C11H15BrN4Si/c1-17(2,3)8-16-11(7-14-15-16)10-5-4-9(12)6-13-10/h4-7H,8H2,1-3H3. The van der Waals surface area contributed by atoms with Crippen LogP contribution in [0.25, 0.3) is 11.4 Å². The third-order valence-electron chi connectivity index (χ3n) is 2.23. The molecule has 2 heterocycles. The Balaban J connectivity index is 2.33. The molecular formula is C11H15BrN4Si. The minimum absolute atomic E-state index is 0.913. The summed E-state index contributed by atoms with van der Waals surface area (Å²) in [5, 5.41) is 8.14. The Labute approximate surface area is 110 Å². The van der Waals surface area contributed by atoms with Gasteiger partial charge in [0.1, 0.15) is 5.69 Å². The van der Waals surface area contributed by atoms with Crippen molar-refractivity contribution >= 4 is 24.0 Å². The SMILES string of the molecule is C[Si](C)(C)Cn1nncc1-c1ccc(Br)cn1. The van der Waals surface area contributed by atoms with Gasteiger partial charge in [-0.3, -0.25) is 4.98 Å². The highest BCUT2D eigenvalue weighted by Crippen LogP contribution is 2.19. The Kier molecular flexibility index (Phi) is 3.44. The largest absolute Gasteiger partial charge is 0.253 e. The highest BCUT2D eigenvalue weighted by Gasteiger charge is 2.17. The second kappa shape index (κ2) is 4.70. The summed E-state index contributed by atoms with van der Waals surface area (Å²) < 4.78 is 2.94. The summed E-state index contributed by atoms with van der Waals surface area (Å²) in [6.45, 7) is 6.94. The van der Waals surface area contributed by atoms with E-state index in [0.717, 1.165) is 22.0 Å². The van der Waals surface area contributed by atoms with Crippen LogP contribution in [0.3, 0.4) is 0 Å². The number of nitrogens with zero attached hydrogens (tertiary/aromatic N) is 4. The zero-order valence-electron chi connectivity index (χ0n) is 10.2. The van der Waals surface area contributed by atoms with Crippen molar-refractivity contribution in [1.82, 2.24) is 20.0 Å². The molecule has 0 aliphatic heterocycles. The number of halogens is 1. The highest BCUT2D eigenvalue weighted by atomic mass is 79.9. The second-order valence-corrected chi connectivity index (χ2v) is 11.6. The van der Waals surface area contributed by atoms with Gasteiger partial charge in [0.2, 0.25) is 0 Å². The van der Waals surface area contributed by atoms with Gasteiger partial charge >= 0.3 is 0 Å². The molecular weight excluding hydrogens is 296 g/mol. The van der Waals surface area contributed by atoms with Crippen LogP contribution >= 0.6 is 15.9 Å². The molecule has 0 fully saturated rings. The Morgan fingerprint density at radius 1 is 1.24 bits per heavy atom. The van der Waals surface area contributed by atoms with E-state index in [2.05, 4.69) is 50.9 Å². The van der Waals surface area contributed by atoms with E-state index in [-0.39, 0.29) is 0 Å². The van der Waals surface area contributed by atoms with Gasteiger partial charge in [0.15, 0.2) is 0 Å². The maximum absolute atomic E-state index is 4.38. The number of rotatable bonds is 3. The summed E-state index contributed by atoms with van der Waals surface area (Å²) in [5.41, 5.74) is 1.90. The topological polar surface area (TPSA) is 43.6 Å². The van der Waals surface area contributed by atoms with Crippen molar-refractivity contribution < 1.29 is 0 Å².